The Morgan fingerprint density at radius 3 is 2.50 bits per heavy atom. The van der Waals surface area contributed by atoms with Crippen LogP contribution in [0.15, 0.2) is 29.3 Å². The first-order chi connectivity index (χ1) is 8.90. The molecule has 2 N–H and O–H groups in total. The number of aliphatic imine (C=N–C) groups is 1. The average Bonchev–Trinajstić information content (AvgIpc) is 3.06. The van der Waals surface area contributed by atoms with Gasteiger partial charge in [-0.05, 0) is 38.8 Å². The highest BCUT2D eigenvalue weighted by Crippen LogP contribution is 2.41. The van der Waals surface area contributed by atoms with Crippen LogP contribution in [0.25, 0.3) is 0 Å². The summed E-state index contributed by atoms with van der Waals surface area (Å²) in [5, 5.41) is 6.65. The number of halogens is 2. The minimum atomic E-state index is -0.115. The molecule has 0 aromatic heterocycles. The molecule has 0 amide bonds. The molecule has 2 rings (SSSR count). The molecular formula is C15H23FIN3. The van der Waals surface area contributed by atoms with Crippen LogP contribution >= 0.6 is 24.0 Å². The van der Waals surface area contributed by atoms with E-state index < -0.39 is 0 Å². The molecule has 1 aromatic carbocycles. The number of nitrogens with zero attached hydrogens (tertiary/aromatic N) is 1. The van der Waals surface area contributed by atoms with Gasteiger partial charge in [-0.1, -0.05) is 18.2 Å². The van der Waals surface area contributed by atoms with Crippen LogP contribution in [0.1, 0.15) is 38.7 Å². The summed E-state index contributed by atoms with van der Waals surface area (Å²) in [6, 6.07) is 7.26. The van der Waals surface area contributed by atoms with Gasteiger partial charge in [0.2, 0.25) is 0 Å². The summed E-state index contributed by atoms with van der Waals surface area (Å²) in [5.74, 6) is 0.909. The quantitative estimate of drug-likeness (QED) is 0.461. The summed E-state index contributed by atoms with van der Waals surface area (Å²) >= 11 is 0. The van der Waals surface area contributed by atoms with Gasteiger partial charge in [0.05, 0.1) is 0 Å². The minimum Gasteiger partial charge on any atom is -0.353 e. The van der Waals surface area contributed by atoms with Crippen LogP contribution in [-0.2, 0) is 0 Å². The highest BCUT2D eigenvalue weighted by atomic mass is 127. The van der Waals surface area contributed by atoms with Crippen LogP contribution in [0.3, 0.4) is 0 Å². The molecule has 0 aliphatic heterocycles. The van der Waals surface area contributed by atoms with Crippen LogP contribution in [0.4, 0.5) is 4.39 Å². The molecule has 5 heteroatoms. The molecule has 0 saturated heterocycles. The van der Waals surface area contributed by atoms with E-state index in [0.717, 1.165) is 17.9 Å². The van der Waals surface area contributed by atoms with E-state index in [2.05, 4.69) is 36.4 Å². The fourth-order valence-corrected chi connectivity index (χ4v) is 2.16. The Kier molecular flexibility index (Phi) is 5.79. The van der Waals surface area contributed by atoms with Crippen molar-refractivity contribution >= 4 is 29.9 Å². The zero-order chi connectivity index (χ0) is 14.0. The van der Waals surface area contributed by atoms with Crippen molar-refractivity contribution in [2.45, 2.75) is 44.7 Å². The van der Waals surface area contributed by atoms with Gasteiger partial charge >= 0.3 is 0 Å². The summed E-state index contributed by atoms with van der Waals surface area (Å²) in [4.78, 5) is 4.20. The zero-order valence-electron chi connectivity index (χ0n) is 12.4. The lowest BCUT2D eigenvalue weighted by atomic mass is 10.1. The van der Waals surface area contributed by atoms with E-state index in [4.69, 9.17) is 0 Å². The molecule has 1 aliphatic rings. The van der Waals surface area contributed by atoms with Gasteiger partial charge in [0.25, 0.3) is 0 Å². The Balaban J connectivity index is 0.00000200. The number of hydrogen-bond donors (Lipinski definition) is 2. The van der Waals surface area contributed by atoms with Gasteiger partial charge in [0.1, 0.15) is 5.82 Å². The first-order valence-electron chi connectivity index (χ1n) is 6.66. The van der Waals surface area contributed by atoms with Gasteiger partial charge in [0.15, 0.2) is 5.96 Å². The molecule has 0 radical (unpaired) electrons. The van der Waals surface area contributed by atoms with E-state index in [9.17, 15) is 4.39 Å². The van der Waals surface area contributed by atoms with E-state index in [-0.39, 0.29) is 47.3 Å². The van der Waals surface area contributed by atoms with Crippen molar-refractivity contribution in [1.29, 1.82) is 0 Å². The lowest BCUT2D eigenvalue weighted by Crippen LogP contribution is -2.48. The van der Waals surface area contributed by atoms with Crippen LogP contribution in [0.5, 0.6) is 0 Å². The molecule has 1 fully saturated rings. The Hall–Kier alpha value is -0.850. The number of rotatable bonds is 2. The van der Waals surface area contributed by atoms with Gasteiger partial charge in [0, 0.05) is 24.5 Å². The second-order valence-corrected chi connectivity index (χ2v) is 6.06. The molecule has 0 heterocycles. The van der Waals surface area contributed by atoms with Crippen molar-refractivity contribution in [1.82, 2.24) is 10.6 Å². The third-order valence-electron chi connectivity index (χ3n) is 3.13. The third-order valence-corrected chi connectivity index (χ3v) is 3.13. The third kappa shape index (κ3) is 4.61. The molecule has 20 heavy (non-hydrogen) atoms. The average molecular weight is 391 g/mol. The fraction of sp³-hybridized carbons (Fsp3) is 0.533. The summed E-state index contributed by atoms with van der Waals surface area (Å²) in [5.41, 5.74) is 0.760. The molecule has 112 valence electrons. The van der Waals surface area contributed by atoms with Crippen molar-refractivity contribution in [2.24, 2.45) is 4.99 Å². The van der Waals surface area contributed by atoms with Crippen molar-refractivity contribution < 1.29 is 4.39 Å². The lowest BCUT2D eigenvalue weighted by molar-refractivity contribution is 0.500. The fourth-order valence-electron chi connectivity index (χ4n) is 2.16. The number of guanidine groups is 1. The minimum absolute atomic E-state index is 0. The second kappa shape index (κ2) is 6.74. The SMILES string of the molecule is CN=C(NC1CC1c1ccccc1F)NC(C)(C)C.I. The van der Waals surface area contributed by atoms with Crippen molar-refractivity contribution in [2.75, 3.05) is 7.05 Å². The first kappa shape index (κ1) is 17.2. The van der Waals surface area contributed by atoms with Crippen molar-refractivity contribution in [3.8, 4) is 0 Å². The number of hydrogen-bond acceptors (Lipinski definition) is 1. The van der Waals surface area contributed by atoms with E-state index in [0.29, 0.717) is 0 Å². The summed E-state index contributed by atoms with van der Waals surface area (Å²) in [6.07, 6.45) is 0.950. The smallest absolute Gasteiger partial charge is 0.191 e. The van der Waals surface area contributed by atoms with Crippen LogP contribution in [0, 0.1) is 5.82 Å². The maximum Gasteiger partial charge on any atom is 0.191 e. The standard InChI is InChI=1S/C15H22FN3.HI/c1-15(2,3)19-14(17-4)18-13-9-11(13)10-7-5-6-8-12(10)16;/h5-8,11,13H,9H2,1-4H3,(H2,17,18,19);1H. The molecule has 2 atom stereocenters. The molecular weight excluding hydrogens is 368 g/mol. The predicted octanol–water partition coefficient (Wildman–Crippen LogP) is 3.26. The summed E-state index contributed by atoms with van der Waals surface area (Å²) in [7, 11) is 1.75. The monoisotopic (exact) mass is 391 g/mol. The van der Waals surface area contributed by atoms with Crippen LogP contribution < -0.4 is 10.6 Å². The number of benzene rings is 1. The van der Waals surface area contributed by atoms with E-state index >= 15 is 0 Å². The molecule has 2 unspecified atom stereocenters. The predicted molar refractivity (Wildman–Crippen MR) is 92.3 cm³/mol. The maximum absolute atomic E-state index is 13.7. The molecule has 1 saturated carbocycles. The van der Waals surface area contributed by atoms with Gasteiger partial charge in [-0.2, -0.15) is 0 Å². The normalized spacial score (nSPS) is 21.9. The van der Waals surface area contributed by atoms with Gasteiger partial charge in [-0.3, -0.25) is 4.99 Å². The zero-order valence-corrected chi connectivity index (χ0v) is 14.7. The van der Waals surface area contributed by atoms with Crippen molar-refractivity contribution in [3.05, 3.63) is 35.6 Å². The van der Waals surface area contributed by atoms with Crippen molar-refractivity contribution in [3.63, 3.8) is 0 Å². The Morgan fingerprint density at radius 1 is 1.30 bits per heavy atom. The van der Waals surface area contributed by atoms with Gasteiger partial charge < -0.3 is 10.6 Å². The first-order valence-corrected chi connectivity index (χ1v) is 6.66. The molecule has 3 nitrogen and oxygen atoms in total. The van der Waals surface area contributed by atoms with Gasteiger partial charge in [-0.25, -0.2) is 4.39 Å². The molecule has 1 aliphatic carbocycles. The Labute approximate surface area is 137 Å². The maximum atomic E-state index is 13.7. The van der Waals surface area contributed by atoms with Gasteiger partial charge in [-0.15, -0.1) is 24.0 Å². The molecule has 1 aromatic rings. The summed E-state index contributed by atoms with van der Waals surface area (Å²) < 4.78 is 13.7. The largest absolute Gasteiger partial charge is 0.353 e. The molecule has 0 spiro atoms. The molecule has 0 bridgehead atoms. The summed E-state index contributed by atoms with van der Waals surface area (Å²) in [6.45, 7) is 6.25. The Morgan fingerprint density at radius 2 is 1.95 bits per heavy atom. The topological polar surface area (TPSA) is 36.4 Å². The van der Waals surface area contributed by atoms with E-state index in [1.807, 2.05) is 12.1 Å². The van der Waals surface area contributed by atoms with E-state index in [1.165, 1.54) is 6.07 Å². The highest BCUT2D eigenvalue weighted by molar-refractivity contribution is 14.0. The Bertz CT molecular complexity index is 482. The highest BCUT2D eigenvalue weighted by Gasteiger charge is 2.40. The van der Waals surface area contributed by atoms with Crippen LogP contribution in [0.2, 0.25) is 0 Å². The second-order valence-electron chi connectivity index (χ2n) is 6.06. The van der Waals surface area contributed by atoms with Crippen LogP contribution in [-0.4, -0.2) is 24.6 Å². The van der Waals surface area contributed by atoms with E-state index in [1.54, 1.807) is 13.1 Å². The number of nitrogens with one attached hydrogen (secondary N) is 2. The lowest BCUT2D eigenvalue weighted by Gasteiger charge is -2.23.